The summed E-state index contributed by atoms with van der Waals surface area (Å²) in [5.74, 6) is 0.265. The minimum atomic E-state index is -1.03. The average molecular weight is 708 g/mol. The lowest BCUT2D eigenvalue weighted by molar-refractivity contribution is -0.119. The van der Waals surface area contributed by atoms with E-state index >= 15 is 0 Å². The number of hydrogen-bond donors (Lipinski definition) is 3. The molecule has 5 aliphatic rings. The van der Waals surface area contributed by atoms with Gasteiger partial charge in [-0.1, -0.05) is 0 Å². The highest BCUT2D eigenvalue weighted by Gasteiger charge is 2.36. The van der Waals surface area contributed by atoms with E-state index in [0.29, 0.717) is 44.1 Å². The third kappa shape index (κ3) is 6.45. The molecule has 11 heteroatoms. The van der Waals surface area contributed by atoms with Gasteiger partial charge in [0.05, 0.1) is 37.6 Å². The smallest absolute Gasteiger partial charge is 0.336 e. The maximum absolute atomic E-state index is 13.6. The van der Waals surface area contributed by atoms with Crippen LogP contribution in [0, 0.1) is 0 Å². The molecule has 0 aromatic heterocycles. The highest BCUT2D eigenvalue weighted by atomic mass is 16.5. The summed E-state index contributed by atoms with van der Waals surface area (Å²) < 4.78 is 20.7. The van der Waals surface area contributed by atoms with E-state index in [-0.39, 0.29) is 23.9 Å². The predicted octanol–water partition coefficient (Wildman–Crippen LogP) is 2.72. The van der Waals surface area contributed by atoms with Crippen molar-refractivity contribution in [3.8, 4) is 11.5 Å². The van der Waals surface area contributed by atoms with Gasteiger partial charge in [-0.3, -0.25) is 9.59 Å². The number of anilines is 1. The number of fused-ring (bicyclic) bond motifs is 4. The molecule has 272 valence electrons. The summed E-state index contributed by atoms with van der Waals surface area (Å²) in [6, 6.07) is 9.42. The lowest BCUT2D eigenvalue weighted by atomic mass is 9.81. The number of amides is 2. The Bertz CT molecular complexity index is 2090. The van der Waals surface area contributed by atoms with E-state index in [9.17, 15) is 19.5 Å². The third-order valence-corrected chi connectivity index (χ3v) is 11.0. The molecular formula is C41H47N4O7+. The van der Waals surface area contributed by atoms with Crippen molar-refractivity contribution < 1.29 is 33.7 Å². The van der Waals surface area contributed by atoms with E-state index in [1.165, 1.54) is 40.2 Å². The first-order valence-electron chi connectivity index (χ1n) is 18.9. The van der Waals surface area contributed by atoms with Crippen LogP contribution in [0.2, 0.25) is 0 Å². The molecule has 52 heavy (non-hydrogen) atoms. The van der Waals surface area contributed by atoms with Crippen molar-refractivity contribution in [2.75, 3.05) is 70.6 Å². The van der Waals surface area contributed by atoms with Gasteiger partial charge < -0.3 is 34.9 Å². The molecule has 0 radical (unpaired) electrons. The fraction of sp³-hybridized carbons (Fsp3) is 0.463. The summed E-state index contributed by atoms with van der Waals surface area (Å²) >= 11 is 0. The molecule has 3 aromatic rings. The first-order valence-corrected chi connectivity index (χ1v) is 18.9. The van der Waals surface area contributed by atoms with Gasteiger partial charge in [0, 0.05) is 84.7 Å². The topological polar surface area (TPSA) is 129 Å². The van der Waals surface area contributed by atoms with Crippen LogP contribution in [0.4, 0.5) is 5.69 Å². The molecule has 0 bridgehead atoms. The Kier molecular flexibility index (Phi) is 9.72. The number of carboxylic acids is 1. The summed E-state index contributed by atoms with van der Waals surface area (Å²) in [4.78, 5) is 40.0. The van der Waals surface area contributed by atoms with E-state index < -0.39 is 5.97 Å². The third-order valence-electron chi connectivity index (χ3n) is 11.0. The number of aryl methyl sites for hydroxylation is 2. The van der Waals surface area contributed by atoms with Crippen LogP contribution in [0.15, 0.2) is 30.3 Å². The van der Waals surface area contributed by atoms with E-state index in [4.69, 9.17) is 14.2 Å². The summed E-state index contributed by atoms with van der Waals surface area (Å²) in [6.45, 7) is 7.80. The number of nitrogens with zero attached hydrogens (tertiary/aromatic N) is 2. The van der Waals surface area contributed by atoms with Crippen LogP contribution in [0.5, 0.6) is 11.5 Å². The van der Waals surface area contributed by atoms with E-state index in [1.54, 1.807) is 18.2 Å². The second-order valence-electron chi connectivity index (χ2n) is 14.4. The van der Waals surface area contributed by atoms with Crippen LogP contribution in [-0.4, -0.2) is 88.6 Å². The van der Waals surface area contributed by atoms with Gasteiger partial charge in [0.25, 0.3) is 5.91 Å². The van der Waals surface area contributed by atoms with Crippen molar-refractivity contribution >= 4 is 29.0 Å². The molecule has 0 aliphatic carbocycles. The van der Waals surface area contributed by atoms with E-state index in [2.05, 4.69) is 32.2 Å². The van der Waals surface area contributed by atoms with E-state index in [1.807, 2.05) is 0 Å². The van der Waals surface area contributed by atoms with Crippen molar-refractivity contribution in [1.82, 2.24) is 15.2 Å². The van der Waals surface area contributed by atoms with Crippen LogP contribution in [0.3, 0.4) is 0 Å². The molecule has 3 aromatic carbocycles. The zero-order valence-electron chi connectivity index (χ0n) is 29.9. The molecule has 0 fully saturated rings. The van der Waals surface area contributed by atoms with Crippen LogP contribution < -0.4 is 35.4 Å². The van der Waals surface area contributed by atoms with Gasteiger partial charge in [0.2, 0.25) is 11.3 Å². The Morgan fingerprint density at radius 1 is 0.808 bits per heavy atom. The van der Waals surface area contributed by atoms with Crippen molar-refractivity contribution in [2.45, 2.75) is 58.3 Å². The van der Waals surface area contributed by atoms with Gasteiger partial charge in [-0.2, -0.15) is 0 Å². The Balaban J connectivity index is 1.17. The zero-order valence-corrected chi connectivity index (χ0v) is 29.9. The van der Waals surface area contributed by atoms with Crippen LogP contribution >= 0.6 is 0 Å². The number of ether oxygens (including phenoxy) is 3. The molecule has 5 heterocycles. The van der Waals surface area contributed by atoms with Crippen LogP contribution in [0.25, 0.3) is 5.57 Å². The number of carbonyl (C=O) groups excluding carboxylic acids is 2. The molecule has 3 N–H and O–H groups in total. The number of nitrogens with one attached hydrogen (secondary N) is 2. The largest absolute Gasteiger partial charge is 0.478 e. The molecule has 8 rings (SSSR count). The van der Waals surface area contributed by atoms with Gasteiger partial charge in [-0.05, 0) is 80.0 Å². The minimum Gasteiger partial charge on any atom is -0.478 e. The summed E-state index contributed by atoms with van der Waals surface area (Å²) in [5.41, 5.74) is 9.18. The van der Waals surface area contributed by atoms with Crippen molar-refractivity contribution in [3.63, 3.8) is 0 Å². The van der Waals surface area contributed by atoms with Crippen LogP contribution in [0.1, 0.15) is 86.7 Å². The SMILES string of the molecule is CC(=O)NCCOCCOCCNC(=O)c1ccc(C(=O)O)c(C2=c3cc4c5c(c3Oc3c2cc2c6c3CCCN6CCC2)CCC[N+]=5CCC4)c1. The monoisotopic (exact) mass is 707 g/mol. The molecule has 2 amide bonds. The Labute approximate surface area is 303 Å². The molecule has 11 nitrogen and oxygen atoms in total. The average Bonchev–Trinajstić information content (AvgIpc) is 3.15. The van der Waals surface area contributed by atoms with Crippen molar-refractivity contribution in [2.24, 2.45) is 0 Å². The highest BCUT2D eigenvalue weighted by Crippen LogP contribution is 2.48. The number of carboxylic acid groups (broad SMARTS) is 1. The van der Waals surface area contributed by atoms with Gasteiger partial charge in [-0.15, -0.1) is 0 Å². The first-order chi connectivity index (χ1) is 25.4. The summed E-state index contributed by atoms with van der Waals surface area (Å²) in [7, 11) is 0. The number of benzene rings is 3. The second-order valence-corrected chi connectivity index (χ2v) is 14.4. The molecule has 5 aliphatic heterocycles. The van der Waals surface area contributed by atoms with Gasteiger partial charge in [0.15, 0.2) is 0 Å². The Hall–Kier alpha value is -4.74. The summed E-state index contributed by atoms with van der Waals surface area (Å²) in [6.07, 6.45) is 8.02. The molecule has 0 unspecified atom stereocenters. The number of carbonyl (C=O) groups is 3. The highest BCUT2D eigenvalue weighted by molar-refractivity contribution is 6.02. The van der Waals surface area contributed by atoms with E-state index in [0.717, 1.165) is 105 Å². The van der Waals surface area contributed by atoms with Crippen molar-refractivity contribution in [1.29, 1.82) is 0 Å². The Morgan fingerprint density at radius 2 is 1.52 bits per heavy atom. The van der Waals surface area contributed by atoms with Gasteiger partial charge in [-0.25, -0.2) is 9.37 Å². The lowest BCUT2D eigenvalue weighted by Crippen LogP contribution is -2.45. The van der Waals surface area contributed by atoms with Crippen molar-refractivity contribution in [3.05, 3.63) is 85.4 Å². The van der Waals surface area contributed by atoms with Gasteiger partial charge >= 0.3 is 5.97 Å². The zero-order chi connectivity index (χ0) is 35.8. The van der Waals surface area contributed by atoms with Crippen LogP contribution in [-0.2, 0) is 40.0 Å². The molecule has 0 saturated heterocycles. The lowest BCUT2D eigenvalue weighted by Gasteiger charge is -2.39. The fourth-order valence-electron chi connectivity index (χ4n) is 8.84. The molecular weight excluding hydrogens is 660 g/mol. The normalized spacial score (nSPS) is 16.6. The number of rotatable bonds is 12. The predicted molar refractivity (Wildman–Crippen MR) is 196 cm³/mol. The number of aromatic carboxylic acids is 1. The van der Waals surface area contributed by atoms with Gasteiger partial charge in [0.1, 0.15) is 24.6 Å². The number of hydrogen-bond acceptors (Lipinski definition) is 7. The summed E-state index contributed by atoms with van der Waals surface area (Å²) in [5, 5.41) is 18.4. The second kappa shape index (κ2) is 14.7. The quantitative estimate of drug-likeness (QED) is 0.152. The maximum Gasteiger partial charge on any atom is 0.336 e. The maximum atomic E-state index is 13.6. The fourth-order valence-corrected chi connectivity index (χ4v) is 8.84. The minimum absolute atomic E-state index is 0.0969. The molecule has 0 spiro atoms. The molecule has 0 saturated carbocycles. The Morgan fingerprint density at radius 3 is 2.29 bits per heavy atom. The standard InChI is InChI=1S/C41H46N4O7/c1-25(46)42-12-18-50-20-21-51-19-13-43-40(47)28-10-11-29(41(48)49)32(24-28)35-33-22-26-6-2-14-44-16-4-8-30(36(26)44)38(33)52-39-31-9-5-17-45-15-3-7-27(37(31)45)23-34(35)39/h10-11,22-24H,2-9,12-21H2,1H3,(H2-,42,43,46,47,48,49)/p+1. The first kappa shape index (κ1) is 34.4. The molecule has 0 atom stereocenters.